The number of hydrogen-bond acceptors (Lipinski definition) is 3. The maximum atomic E-state index is 12.6. The molecule has 1 N–H and O–H groups in total. The normalized spacial score (nSPS) is 12.7. The number of para-hydroxylation sites is 1. The van der Waals surface area contributed by atoms with Gasteiger partial charge in [-0.2, -0.15) is 0 Å². The van der Waals surface area contributed by atoms with Gasteiger partial charge in [-0.05, 0) is 43.0 Å². The van der Waals surface area contributed by atoms with Crippen molar-refractivity contribution in [3.8, 4) is 0 Å². The Morgan fingerprint density at radius 3 is 2.48 bits per heavy atom. The molecule has 122 valence electrons. The van der Waals surface area contributed by atoms with Gasteiger partial charge in [0.05, 0.1) is 10.6 Å². The van der Waals surface area contributed by atoms with Gasteiger partial charge in [-0.25, -0.2) is 8.42 Å². The van der Waals surface area contributed by atoms with Crippen LogP contribution in [0.1, 0.15) is 49.0 Å². The van der Waals surface area contributed by atoms with Crippen LogP contribution in [0.5, 0.6) is 0 Å². The Balaban J connectivity index is 2.40. The monoisotopic (exact) mass is 331 g/mol. The summed E-state index contributed by atoms with van der Waals surface area (Å²) in [6.45, 7) is 5.53. The zero-order valence-corrected chi connectivity index (χ0v) is 14.4. The molecule has 0 aromatic heterocycles. The van der Waals surface area contributed by atoms with Crippen LogP contribution in [0.15, 0.2) is 53.4 Å². The molecule has 2 aromatic carbocycles. The molecule has 0 amide bonds. The number of nitrogens with one attached hydrogen (secondary N) is 1. The lowest BCUT2D eigenvalue weighted by Crippen LogP contribution is -2.15. The molecule has 0 bridgehead atoms. The van der Waals surface area contributed by atoms with Crippen LogP contribution in [-0.2, 0) is 10.0 Å². The maximum absolute atomic E-state index is 12.6. The van der Waals surface area contributed by atoms with Gasteiger partial charge in [0.1, 0.15) is 0 Å². The Hall–Kier alpha value is -2.14. The van der Waals surface area contributed by atoms with Crippen LogP contribution in [0.3, 0.4) is 0 Å². The van der Waals surface area contributed by atoms with E-state index in [1.807, 2.05) is 12.1 Å². The van der Waals surface area contributed by atoms with E-state index in [1.165, 1.54) is 19.1 Å². The smallest absolute Gasteiger partial charge is 0.261 e. The minimum Gasteiger partial charge on any atom is -0.295 e. The van der Waals surface area contributed by atoms with Crippen molar-refractivity contribution < 1.29 is 13.2 Å². The lowest BCUT2D eigenvalue weighted by atomic mass is 9.97. The molecular weight excluding hydrogens is 310 g/mol. The van der Waals surface area contributed by atoms with E-state index in [1.54, 1.807) is 24.3 Å². The minimum absolute atomic E-state index is 0.0872. The van der Waals surface area contributed by atoms with E-state index in [0.717, 1.165) is 12.0 Å². The number of carbonyl (C=O) groups excluding carboxylic acids is 1. The van der Waals surface area contributed by atoms with Crippen LogP contribution in [0.25, 0.3) is 0 Å². The molecule has 0 spiro atoms. The summed E-state index contributed by atoms with van der Waals surface area (Å²) >= 11 is 0. The van der Waals surface area contributed by atoms with E-state index in [4.69, 9.17) is 0 Å². The van der Waals surface area contributed by atoms with Gasteiger partial charge in [0.25, 0.3) is 10.0 Å². The largest absolute Gasteiger partial charge is 0.295 e. The van der Waals surface area contributed by atoms with E-state index in [2.05, 4.69) is 18.6 Å². The first-order valence-corrected chi connectivity index (χ1v) is 9.06. The summed E-state index contributed by atoms with van der Waals surface area (Å²) in [7, 11) is -3.74. The molecule has 0 saturated heterocycles. The molecule has 0 aliphatic carbocycles. The second kappa shape index (κ2) is 6.96. The van der Waals surface area contributed by atoms with Crippen LogP contribution in [-0.4, -0.2) is 14.2 Å². The first kappa shape index (κ1) is 17.2. The maximum Gasteiger partial charge on any atom is 0.261 e. The minimum atomic E-state index is -3.74. The standard InChI is InChI=1S/C18H21NO3S/c1-4-13(2)17-10-5-6-11-18(17)19-23(21,22)16-9-7-8-15(12-16)14(3)20/h5-13,19H,4H2,1-3H3. The van der Waals surface area contributed by atoms with E-state index in [9.17, 15) is 13.2 Å². The van der Waals surface area contributed by atoms with Crippen molar-refractivity contribution in [2.45, 2.75) is 38.0 Å². The molecule has 1 atom stereocenters. The van der Waals surface area contributed by atoms with Gasteiger partial charge in [0.2, 0.25) is 0 Å². The van der Waals surface area contributed by atoms with Crippen molar-refractivity contribution in [3.05, 3.63) is 59.7 Å². The molecular formula is C18H21NO3S. The highest BCUT2D eigenvalue weighted by atomic mass is 32.2. The number of benzene rings is 2. The molecule has 23 heavy (non-hydrogen) atoms. The number of Topliss-reactive ketones (excluding diaryl/α,β-unsaturated/α-hetero) is 1. The van der Waals surface area contributed by atoms with E-state index in [-0.39, 0.29) is 16.6 Å². The van der Waals surface area contributed by atoms with Crippen molar-refractivity contribution in [3.63, 3.8) is 0 Å². The molecule has 0 saturated carbocycles. The first-order valence-electron chi connectivity index (χ1n) is 7.58. The van der Waals surface area contributed by atoms with Gasteiger partial charge in [-0.15, -0.1) is 0 Å². The number of hydrogen-bond donors (Lipinski definition) is 1. The molecule has 2 aromatic rings. The molecule has 0 aliphatic heterocycles. The zero-order chi connectivity index (χ0) is 17.0. The van der Waals surface area contributed by atoms with Crippen molar-refractivity contribution in [1.82, 2.24) is 0 Å². The summed E-state index contributed by atoms with van der Waals surface area (Å²) in [5, 5.41) is 0. The molecule has 0 radical (unpaired) electrons. The Kier molecular flexibility index (Phi) is 5.21. The molecule has 1 unspecified atom stereocenters. The number of sulfonamides is 1. The SMILES string of the molecule is CCC(C)c1ccccc1NS(=O)(=O)c1cccc(C(C)=O)c1. The number of carbonyl (C=O) groups is 1. The topological polar surface area (TPSA) is 63.2 Å². The van der Waals surface area contributed by atoms with Gasteiger partial charge in [-0.1, -0.05) is 44.2 Å². The first-order chi connectivity index (χ1) is 10.8. The second-order valence-corrected chi connectivity index (χ2v) is 7.27. The summed E-state index contributed by atoms with van der Waals surface area (Å²) in [6, 6.07) is 13.5. The highest BCUT2D eigenvalue weighted by Gasteiger charge is 2.18. The summed E-state index contributed by atoms with van der Waals surface area (Å²) in [5.41, 5.74) is 1.92. The summed E-state index contributed by atoms with van der Waals surface area (Å²) < 4.78 is 27.9. The average molecular weight is 331 g/mol. The number of ketones is 1. The fraction of sp³-hybridized carbons (Fsp3) is 0.278. The van der Waals surface area contributed by atoms with Crippen molar-refractivity contribution in [2.75, 3.05) is 4.72 Å². The molecule has 5 heteroatoms. The Morgan fingerprint density at radius 2 is 1.83 bits per heavy atom. The quantitative estimate of drug-likeness (QED) is 0.807. The Labute approximate surface area is 137 Å². The van der Waals surface area contributed by atoms with Crippen LogP contribution < -0.4 is 4.72 Å². The number of anilines is 1. The second-order valence-electron chi connectivity index (χ2n) is 5.59. The van der Waals surface area contributed by atoms with Gasteiger partial charge < -0.3 is 0 Å². The fourth-order valence-corrected chi connectivity index (χ4v) is 3.46. The van der Waals surface area contributed by atoms with Crippen LogP contribution in [0, 0.1) is 0 Å². The van der Waals surface area contributed by atoms with Crippen LogP contribution in [0.2, 0.25) is 0 Å². The predicted molar refractivity (Wildman–Crippen MR) is 92.4 cm³/mol. The predicted octanol–water partition coefficient (Wildman–Crippen LogP) is 4.20. The highest BCUT2D eigenvalue weighted by Crippen LogP contribution is 2.28. The van der Waals surface area contributed by atoms with Crippen LogP contribution in [0.4, 0.5) is 5.69 Å². The Bertz CT molecular complexity index is 813. The number of rotatable bonds is 6. The van der Waals surface area contributed by atoms with Crippen molar-refractivity contribution >= 4 is 21.5 Å². The van der Waals surface area contributed by atoms with Gasteiger partial charge in [-0.3, -0.25) is 9.52 Å². The molecule has 4 nitrogen and oxygen atoms in total. The molecule has 0 aliphatic rings. The lowest BCUT2D eigenvalue weighted by molar-refractivity contribution is 0.101. The van der Waals surface area contributed by atoms with E-state index >= 15 is 0 Å². The van der Waals surface area contributed by atoms with Crippen molar-refractivity contribution in [1.29, 1.82) is 0 Å². The van der Waals surface area contributed by atoms with Crippen LogP contribution >= 0.6 is 0 Å². The Morgan fingerprint density at radius 1 is 1.13 bits per heavy atom. The third-order valence-corrected chi connectivity index (χ3v) is 5.26. The van der Waals surface area contributed by atoms with Gasteiger partial charge in [0.15, 0.2) is 5.78 Å². The van der Waals surface area contributed by atoms with Gasteiger partial charge >= 0.3 is 0 Å². The van der Waals surface area contributed by atoms with Crippen molar-refractivity contribution in [2.24, 2.45) is 0 Å². The molecule has 2 rings (SSSR count). The summed E-state index contributed by atoms with van der Waals surface area (Å²) in [4.78, 5) is 11.5. The molecule has 0 fully saturated rings. The summed E-state index contributed by atoms with van der Waals surface area (Å²) in [6.07, 6.45) is 0.915. The van der Waals surface area contributed by atoms with Gasteiger partial charge in [0, 0.05) is 5.56 Å². The lowest BCUT2D eigenvalue weighted by Gasteiger charge is -2.16. The van der Waals surface area contributed by atoms with E-state index in [0.29, 0.717) is 11.3 Å². The third-order valence-electron chi connectivity index (χ3n) is 3.90. The molecule has 0 heterocycles. The highest BCUT2D eigenvalue weighted by molar-refractivity contribution is 7.92. The summed E-state index contributed by atoms with van der Waals surface area (Å²) in [5.74, 6) is 0.0829. The fourth-order valence-electron chi connectivity index (χ4n) is 2.33. The zero-order valence-electron chi connectivity index (χ0n) is 13.5. The third kappa shape index (κ3) is 3.99. The van der Waals surface area contributed by atoms with E-state index < -0.39 is 10.0 Å². The average Bonchev–Trinajstić information content (AvgIpc) is 2.54.